The summed E-state index contributed by atoms with van der Waals surface area (Å²) in [5.41, 5.74) is 0.435. The molecule has 0 bridgehead atoms. The number of amides is 1. The maximum absolute atomic E-state index is 11.8. The predicted octanol–water partition coefficient (Wildman–Crippen LogP) is 4.68. The number of nitrogens with one attached hydrogen (secondary N) is 1. The molecule has 100 valence electrons. The molecule has 5 heteroatoms. The van der Waals surface area contributed by atoms with Crippen molar-refractivity contribution in [1.82, 2.24) is 5.32 Å². The topological polar surface area (TPSA) is 29.1 Å². The van der Waals surface area contributed by atoms with Gasteiger partial charge in [-0.15, -0.1) is 0 Å². The highest BCUT2D eigenvalue weighted by Crippen LogP contribution is 2.20. The van der Waals surface area contributed by atoms with E-state index in [1.807, 2.05) is 0 Å². The number of alkyl halides is 1. The van der Waals surface area contributed by atoms with Crippen molar-refractivity contribution >= 4 is 45.0 Å². The van der Waals surface area contributed by atoms with Gasteiger partial charge < -0.3 is 5.32 Å². The molecular formula is C13H16BrCl2NO. The second kappa shape index (κ2) is 8.78. The maximum atomic E-state index is 11.8. The summed E-state index contributed by atoms with van der Waals surface area (Å²) in [6.45, 7) is 0.671. The zero-order chi connectivity index (χ0) is 13.4. The Morgan fingerprint density at radius 3 is 2.61 bits per heavy atom. The van der Waals surface area contributed by atoms with Gasteiger partial charge in [-0.3, -0.25) is 4.79 Å². The van der Waals surface area contributed by atoms with Gasteiger partial charge in [0.2, 0.25) is 0 Å². The van der Waals surface area contributed by atoms with E-state index in [0.717, 1.165) is 18.2 Å². The van der Waals surface area contributed by atoms with Crippen LogP contribution in [-0.2, 0) is 0 Å². The minimum absolute atomic E-state index is 0.164. The molecule has 1 aromatic rings. The first-order chi connectivity index (χ1) is 8.65. The summed E-state index contributed by atoms with van der Waals surface area (Å²) in [5, 5.41) is 4.83. The van der Waals surface area contributed by atoms with Crippen LogP contribution in [0.15, 0.2) is 18.2 Å². The van der Waals surface area contributed by atoms with E-state index in [1.165, 1.54) is 12.8 Å². The van der Waals surface area contributed by atoms with Crippen LogP contribution in [0.3, 0.4) is 0 Å². The zero-order valence-corrected chi connectivity index (χ0v) is 13.1. The fourth-order valence-electron chi connectivity index (χ4n) is 1.54. The van der Waals surface area contributed by atoms with Gasteiger partial charge in [-0.2, -0.15) is 0 Å². The van der Waals surface area contributed by atoms with E-state index < -0.39 is 0 Å². The number of carbonyl (C=O) groups is 1. The molecule has 1 aromatic carbocycles. The largest absolute Gasteiger partial charge is 0.352 e. The van der Waals surface area contributed by atoms with Crippen LogP contribution in [0, 0.1) is 0 Å². The first kappa shape index (κ1) is 15.8. The van der Waals surface area contributed by atoms with Crippen molar-refractivity contribution in [2.24, 2.45) is 0 Å². The summed E-state index contributed by atoms with van der Waals surface area (Å²) in [5.74, 6) is -0.164. The van der Waals surface area contributed by atoms with Gasteiger partial charge in [-0.05, 0) is 31.0 Å². The molecule has 0 aliphatic heterocycles. The third-order valence-electron chi connectivity index (χ3n) is 2.52. The minimum Gasteiger partial charge on any atom is -0.352 e. The van der Waals surface area contributed by atoms with Crippen molar-refractivity contribution < 1.29 is 4.79 Å². The molecule has 0 aromatic heterocycles. The molecule has 0 saturated heterocycles. The Balaban J connectivity index is 2.34. The number of hydrogen-bond donors (Lipinski definition) is 1. The molecule has 0 heterocycles. The van der Waals surface area contributed by atoms with E-state index in [-0.39, 0.29) is 5.91 Å². The van der Waals surface area contributed by atoms with Gasteiger partial charge in [0.05, 0.1) is 10.6 Å². The van der Waals surface area contributed by atoms with Crippen molar-refractivity contribution in [3.8, 4) is 0 Å². The van der Waals surface area contributed by atoms with Gasteiger partial charge in [0, 0.05) is 16.9 Å². The van der Waals surface area contributed by atoms with Gasteiger partial charge in [0.1, 0.15) is 0 Å². The molecule has 1 amide bonds. The van der Waals surface area contributed by atoms with Gasteiger partial charge in [0.25, 0.3) is 5.91 Å². The Hall–Kier alpha value is -0.250. The molecule has 0 aliphatic carbocycles. The van der Waals surface area contributed by atoms with E-state index in [0.29, 0.717) is 22.2 Å². The number of unbranched alkanes of at least 4 members (excludes halogenated alkanes) is 3. The summed E-state index contributed by atoms with van der Waals surface area (Å²) < 4.78 is 0. The van der Waals surface area contributed by atoms with Crippen molar-refractivity contribution in [1.29, 1.82) is 0 Å². The summed E-state index contributed by atoms with van der Waals surface area (Å²) in [6.07, 6.45) is 4.46. The van der Waals surface area contributed by atoms with Crippen molar-refractivity contribution in [2.75, 3.05) is 11.9 Å². The molecule has 18 heavy (non-hydrogen) atoms. The molecule has 0 radical (unpaired) electrons. The lowest BCUT2D eigenvalue weighted by Crippen LogP contribution is -2.24. The van der Waals surface area contributed by atoms with Crippen LogP contribution in [0.4, 0.5) is 0 Å². The summed E-state index contributed by atoms with van der Waals surface area (Å²) in [6, 6.07) is 4.89. The van der Waals surface area contributed by atoms with E-state index in [9.17, 15) is 4.79 Å². The number of hydrogen-bond acceptors (Lipinski definition) is 1. The molecule has 2 nitrogen and oxygen atoms in total. The second-order valence-electron chi connectivity index (χ2n) is 3.98. The van der Waals surface area contributed by atoms with Crippen LogP contribution in [0.1, 0.15) is 36.0 Å². The van der Waals surface area contributed by atoms with E-state index in [4.69, 9.17) is 23.2 Å². The Morgan fingerprint density at radius 2 is 1.89 bits per heavy atom. The molecule has 1 N–H and O–H groups in total. The molecule has 0 unspecified atom stereocenters. The molecule has 0 aliphatic rings. The smallest absolute Gasteiger partial charge is 0.252 e. The highest BCUT2D eigenvalue weighted by molar-refractivity contribution is 9.09. The third kappa shape index (κ3) is 5.59. The zero-order valence-electron chi connectivity index (χ0n) is 10.0. The van der Waals surface area contributed by atoms with Gasteiger partial charge in [0.15, 0.2) is 0 Å². The van der Waals surface area contributed by atoms with Crippen LogP contribution < -0.4 is 5.32 Å². The van der Waals surface area contributed by atoms with Crippen LogP contribution in [-0.4, -0.2) is 17.8 Å². The average molecular weight is 353 g/mol. The van der Waals surface area contributed by atoms with Crippen LogP contribution in [0.25, 0.3) is 0 Å². The van der Waals surface area contributed by atoms with Crippen molar-refractivity contribution in [3.63, 3.8) is 0 Å². The number of carbonyl (C=O) groups excluding carboxylic acids is 1. The number of halogens is 3. The number of rotatable bonds is 7. The SMILES string of the molecule is O=C(NCCCCCCBr)c1cc(Cl)ccc1Cl. The summed E-state index contributed by atoms with van der Waals surface area (Å²) >= 11 is 15.2. The van der Waals surface area contributed by atoms with Gasteiger partial charge in [-0.25, -0.2) is 0 Å². The van der Waals surface area contributed by atoms with Gasteiger partial charge >= 0.3 is 0 Å². The highest BCUT2D eigenvalue weighted by atomic mass is 79.9. The fourth-order valence-corrected chi connectivity index (χ4v) is 2.31. The lowest BCUT2D eigenvalue weighted by atomic mass is 10.2. The first-order valence-corrected chi connectivity index (χ1v) is 7.82. The Bertz CT molecular complexity index is 399. The van der Waals surface area contributed by atoms with E-state index in [2.05, 4.69) is 21.2 Å². The standard InChI is InChI=1S/C13H16BrCl2NO/c14-7-3-1-2-4-8-17-13(18)11-9-10(15)5-6-12(11)16/h5-6,9H,1-4,7-8H2,(H,17,18). The monoisotopic (exact) mass is 351 g/mol. The van der Waals surface area contributed by atoms with Crippen LogP contribution >= 0.6 is 39.1 Å². The second-order valence-corrected chi connectivity index (χ2v) is 5.62. The quantitative estimate of drug-likeness (QED) is 0.560. The Morgan fingerprint density at radius 1 is 1.17 bits per heavy atom. The first-order valence-electron chi connectivity index (χ1n) is 5.94. The fraction of sp³-hybridized carbons (Fsp3) is 0.462. The van der Waals surface area contributed by atoms with E-state index >= 15 is 0 Å². The lowest BCUT2D eigenvalue weighted by Gasteiger charge is -2.07. The molecular weight excluding hydrogens is 337 g/mol. The normalized spacial score (nSPS) is 10.4. The predicted molar refractivity (Wildman–Crippen MR) is 81.1 cm³/mol. The highest BCUT2D eigenvalue weighted by Gasteiger charge is 2.09. The van der Waals surface area contributed by atoms with E-state index in [1.54, 1.807) is 18.2 Å². The van der Waals surface area contributed by atoms with Crippen LogP contribution in [0.2, 0.25) is 10.0 Å². The average Bonchev–Trinajstić information content (AvgIpc) is 2.36. The lowest BCUT2D eigenvalue weighted by molar-refractivity contribution is 0.0953. The Kier molecular flexibility index (Phi) is 7.71. The van der Waals surface area contributed by atoms with Crippen LogP contribution in [0.5, 0.6) is 0 Å². The van der Waals surface area contributed by atoms with Crippen molar-refractivity contribution in [3.05, 3.63) is 33.8 Å². The summed E-state index contributed by atoms with van der Waals surface area (Å²) in [7, 11) is 0. The molecule has 0 spiro atoms. The third-order valence-corrected chi connectivity index (χ3v) is 3.64. The molecule has 0 saturated carbocycles. The molecule has 0 fully saturated rings. The Labute approximate surface area is 126 Å². The minimum atomic E-state index is -0.164. The molecule has 1 rings (SSSR count). The van der Waals surface area contributed by atoms with Gasteiger partial charge in [-0.1, -0.05) is 52.0 Å². The maximum Gasteiger partial charge on any atom is 0.252 e. The number of benzene rings is 1. The van der Waals surface area contributed by atoms with Crippen molar-refractivity contribution in [2.45, 2.75) is 25.7 Å². The molecule has 0 atom stereocenters. The summed E-state index contributed by atoms with van der Waals surface area (Å²) in [4.78, 5) is 11.8.